The molecule has 3 aromatic rings. The summed E-state index contributed by atoms with van der Waals surface area (Å²) in [4.78, 5) is 8.07. The highest BCUT2D eigenvalue weighted by molar-refractivity contribution is 5.80. The standard InChI is InChI=1S/C11H9FN6O/c12-7-3-1-2-4-8(7)19-10-6-5-14-18-9(6)15-11(16-10)17-13/h1-5H,13H2,(H2,14,15,16,17,18). The van der Waals surface area contributed by atoms with Crippen LogP contribution in [0, 0.1) is 5.82 Å². The molecular weight excluding hydrogens is 251 g/mol. The van der Waals surface area contributed by atoms with E-state index in [0.29, 0.717) is 11.0 Å². The Hall–Kier alpha value is -2.74. The molecular formula is C11H9FN6O. The highest BCUT2D eigenvalue weighted by Crippen LogP contribution is 2.28. The number of ether oxygens (including phenoxy) is 1. The predicted molar refractivity (Wildman–Crippen MR) is 66.0 cm³/mol. The van der Waals surface area contributed by atoms with E-state index in [1.54, 1.807) is 12.1 Å². The number of anilines is 1. The first kappa shape index (κ1) is 11.4. The van der Waals surface area contributed by atoms with E-state index in [2.05, 4.69) is 25.6 Å². The number of nitrogen functional groups attached to an aromatic ring is 1. The van der Waals surface area contributed by atoms with Crippen LogP contribution in [0.4, 0.5) is 10.3 Å². The van der Waals surface area contributed by atoms with Crippen LogP contribution in [0.15, 0.2) is 30.5 Å². The largest absolute Gasteiger partial charge is 0.435 e. The second-order valence-corrected chi connectivity index (χ2v) is 3.66. The minimum absolute atomic E-state index is 0.0617. The summed E-state index contributed by atoms with van der Waals surface area (Å²) in [5.74, 6) is 5.14. The Labute approximate surface area is 106 Å². The molecule has 0 aliphatic rings. The van der Waals surface area contributed by atoms with Gasteiger partial charge < -0.3 is 4.74 Å². The van der Waals surface area contributed by atoms with E-state index >= 15 is 0 Å². The molecule has 0 spiro atoms. The number of nitrogens with one attached hydrogen (secondary N) is 2. The van der Waals surface area contributed by atoms with Crippen LogP contribution in [0.2, 0.25) is 0 Å². The lowest BCUT2D eigenvalue weighted by Gasteiger charge is -2.07. The maximum absolute atomic E-state index is 13.6. The zero-order valence-corrected chi connectivity index (χ0v) is 9.59. The van der Waals surface area contributed by atoms with E-state index in [1.807, 2.05) is 0 Å². The Morgan fingerprint density at radius 3 is 2.89 bits per heavy atom. The highest BCUT2D eigenvalue weighted by atomic mass is 19.1. The molecule has 0 bridgehead atoms. The number of hydrogen-bond donors (Lipinski definition) is 3. The number of rotatable bonds is 3. The number of hydrogen-bond acceptors (Lipinski definition) is 6. The van der Waals surface area contributed by atoms with Gasteiger partial charge in [0.2, 0.25) is 11.8 Å². The maximum atomic E-state index is 13.6. The summed E-state index contributed by atoms with van der Waals surface area (Å²) in [6.07, 6.45) is 1.49. The van der Waals surface area contributed by atoms with E-state index in [-0.39, 0.29) is 17.6 Å². The number of hydrazine groups is 1. The van der Waals surface area contributed by atoms with E-state index in [0.717, 1.165) is 0 Å². The van der Waals surface area contributed by atoms with E-state index < -0.39 is 5.82 Å². The Morgan fingerprint density at radius 2 is 2.11 bits per heavy atom. The first-order valence-electron chi connectivity index (χ1n) is 5.38. The second-order valence-electron chi connectivity index (χ2n) is 3.66. The van der Waals surface area contributed by atoms with Crippen LogP contribution in [-0.4, -0.2) is 20.2 Å². The molecule has 8 heteroatoms. The molecule has 4 N–H and O–H groups in total. The van der Waals surface area contributed by atoms with Crippen molar-refractivity contribution in [2.75, 3.05) is 5.43 Å². The number of H-pyrrole nitrogens is 1. The van der Waals surface area contributed by atoms with Gasteiger partial charge in [-0.1, -0.05) is 12.1 Å². The van der Waals surface area contributed by atoms with Crippen molar-refractivity contribution in [3.63, 3.8) is 0 Å². The lowest BCUT2D eigenvalue weighted by atomic mass is 10.3. The summed E-state index contributed by atoms with van der Waals surface area (Å²) in [7, 11) is 0. The zero-order chi connectivity index (χ0) is 13.2. The molecule has 7 nitrogen and oxygen atoms in total. The molecule has 0 aliphatic carbocycles. The summed E-state index contributed by atoms with van der Waals surface area (Å²) >= 11 is 0. The summed E-state index contributed by atoms with van der Waals surface area (Å²) in [5, 5.41) is 7.03. The smallest absolute Gasteiger partial charge is 0.242 e. The number of nitrogens with zero attached hydrogens (tertiary/aromatic N) is 3. The van der Waals surface area contributed by atoms with Gasteiger partial charge in [0.25, 0.3) is 0 Å². The molecule has 0 atom stereocenters. The molecule has 0 amide bonds. The number of halogens is 1. The average molecular weight is 260 g/mol. The van der Waals surface area contributed by atoms with Gasteiger partial charge in [0.15, 0.2) is 17.2 Å². The van der Waals surface area contributed by atoms with E-state index in [9.17, 15) is 4.39 Å². The van der Waals surface area contributed by atoms with E-state index in [1.165, 1.54) is 18.3 Å². The normalized spacial score (nSPS) is 10.6. The van der Waals surface area contributed by atoms with Gasteiger partial charge in [-0.2, -0.15) is 15.1 Å². The van der Waals surface area contributed by atoms with Crippen molar-refractivity contribution in [1.29, 1.82) is 0 Å². The van der Waals surface area contributed by atoms with Gasteiger partial charge in [-0.25, -0.2) is 10.2 Å². The minimum atomic E-state index is -0.486. The third-order valence-corrected chi connectivity index (χ3v) is 2.45. The van der Waals surface area contributed by atoms with E-state index in [4.69, 9.17) is 10.6 Å². The molecule has 0 aliphatic heterocycles. The van der Waals surface area contributed by atoms with Crippen LogP contribution in [0.25, 0.3) is 11.0 Å². The lowest BCUT2D eigenvalue weighted by Crippen LogP contribution is -2.11. The van der Waals surface area contributed by atoms with Crippen molar-refractivity contribution in [3.8, 4) is 11.6 Å². The van der Waals surface area contributed by atoms with Crippen molar-refractivity contribution < 1.29 is 9.13 Å². The van der Waals surface area contributed by atoms with Gasteiger partial charge >= 0.3 is 0 Å². The SMILES string of the molecule is NNc1nc(Oc2ccccc2F)c2cn[nH]c2n1. The Kier molecular flexibility index (Phi) is 2.69. The van der Waals surface area contributed by atoms with Crippen LogP contribution < -0.4 is 16.0 Å². The molecule has 0 fully saturated rings. The van der Waals surface area contributed by atoms with Crippen molar-refractivity contribution in [2.45, 2.75) is 0 Å². The molecule has 0 radical (unpaired) electrons. The van der Waals surface area contributed by atoms with Gasteiger partial charge in [-0.15, -0.1) is 0 Å². The van der Waals surface area contributed by atoms with Crippen molar-refractivity contribution in [3.05, 3.63) is 36.3 Å². The minimum Gasteiger partial charge on any atom is -0.435 e. The quantitative estimate of drug-likeness (QED) is 0.488. The van der Waals surface area contributed by atoms with Crippen LogP contribution in [-0.2, 0) is 0 Å². The number of nitrogens with two attached hydrogens (primary N) is 1. The number of para-hydroxylation sites is 1. The monoisotopic (exact) mass is 260 g/mol. The van der Waals surface area contributed by atoms with Gasteiger partial charge in [0.1, 0.15) is 5.39 Å². The molecule has 2 heterocycles. The first-order valence-corrected chi connectivity index (χ1v) is 5.38. The number of fused-ring (bicyclic) bond motifs is 1. The van der Waals surface area contributed by atoms with Crippen molar-refractivity contribution >= 4 is 17.0 Å². The second kappa shape index (κ2) is 4.50. The third-order valence-electron chi connectivity index (χ3n) is 2.45. The van der Waals surface area contributed by atoms with Gasteiger partial charge in [0, 0.05) is 0 Å². The Bertz CT molecular complexity index is 728. The first-order chi connectivity index (χ1) is 9.28. The Morgan fingerprint density at radius 1 is 1.26 bits per heavy atom. The predicted octanol–water partition coefficient (Wildman–Crippen LogP) is 1.57. The van der Waals surface area contributed by atoms with Gasteiger partial charge in [0.05, 0.1) is 6.20 Å². The van der Waals surface area contributed by atoms with Crippen LogP contribution in [0.5, 0.6) is 11.6 Å². The molecule has 96 valence electrons. The van der Waals surface area contributed by atoms with Gasteiger partial charge in [-0.3, -0.25) is 10.5 Å². The molecule has 0 saturated carbocycles. The molecule has 3 rings (SSSR count). The van der Waals surface area contributed by atoms with Crippen molar-refractivity contribution in [1.82, 2.24) is 20.2 Å². The molecule has 0 unspecified atom stereocenters. The fourth-order valence-corrected chi connectivity index (χ4v) is 1.58. The number of aromatic amines is 1. The zero-order valence-electron chi connectivity index (χ0n) is 9.59. The average Bonchev–Trinajstić information content (AvgIpc) is 2.89. The molecule has 0 saturated heterocycles. The fraction of sp³-hybridized carbons (Fsp3) is 0. The summed E-state index contributed by atoms with van der Waals surface area (Å²) in [6, 6.07) is 6.03. The highest BCUT2D eigenvalue weighted by Gasteiger charge is 2.12. The number of benzene rings is 1. The molecule has 2 aromatic heterocycles. The number of aromatic nitrogens is 4. The third kappa shape index (κ3) is 2.04. The Balaban J connectivity index is 2.09. The summed E-state index contributed by atoms with van der Waals surface area (Å²) < 4.78 is 19.0. The van der Waals surface area contributed by atoms with Crippen molar-refractivity contribution in [2.24, 2.45) is 5.84 Å². The fourth-order valence-electron chi connectivity index (χ4n) is 1.58. The van der Waals surface area contributed by atoms with Crippen LogP contribution in [0.1, 0.15) is 0 Å². The maximum Gasteiger partial charge on any atom is 0.242 e. The topological polar surface area (TPSA) is 102 Å². The van der Waals surface area contributed by atoms with Crippen LogP contribution in [0.3, 0.4) is 0 Å². The molecule has 1 aromatic carbocycles. The van der Waals surface area contributed by atoms with Crippen LogP contribution >= 0.6 is 0 Å². The molecule has 19 heavy (non-hydrogen) atoms. The van der Waals surface area contributed by atoms with Gasteiger partial charge in [-0.05, 0) is 12.1 Å². The summed E-state index contributed by atoms with van der Waals surface area (Å²) in [6.45, 7) is 0. The lowest BCUT2D eigenvalue weighted by molar-refractivity contribution is 0.432. The summed E-state index contributed by atoms with van der Waals surface area (Å²) in [5.41, 5.74) is 2.75.